The molecule has 0 aliphatic carbocycles. The molecule has 178 valence electrons. The summed E-state index contributed by atoms with van der Waals surface area (Å²) >= 11 is 2.26. The van der Waals surface area contributed by atoms with Gasteiger partial charge in [0.25, 0.3) is 5.91 Å². The van der Waals surface area contributed by atoms with E-state index >= 15 is 0 Å². The Morgan fingerprint density at radius 2 is 1.44 bits per heavy atom. The van der Waals surface area contributed by atoms with Crippen LogP contribution < -0.4 is 14.8 Å². The molecule has 4 aromatic rings. The summed E-state index contributed by atoms with van der Waals surface area (Å²) in [5.41, 5.74) is 3.30. The van der Waals surface area contributed by atoms with Crippen LogP contribution in [0.15, 0.2) is 109 Å². The Balaban J connectivity index is 1.39. The summed E-state index contributed by atoms with van der Waals surface area (Å²) in [5.74, 6) is 0.784. The van der Waals surface area contributed by atoms with Crippen LogP contribution in [0.5, 0.6) is 11.5 Å². The highest BCUT2D eigenvalue weighted by atomic mass is 127. The molecule has 5 nitrogen and oxygen atoms in total. The molecular formula is C30H23IN2O3. The summed E-state index contributed by atoms with van der Waals surface area (Å²) in [5, 5.41) is 12.4. The lowest BCUT2D eigenvalue weighted by molar-refractivity contribution is -0.112. The van der Waals surface area contributed by atoms with Crippen LogP contribution in [-0.2, 0) is 18.0 Å². The van der Waals surface area contributed by atoms with E-state index in [1.807, 2.05) is 84.9 Å². The number of ether oxygens (including phenoxy) is 2. The first-order chi connectivity index (χ1) is 17.6. The lowest BCUT2D eigenvalue weighted by atomic mass is 10.1. The summed E-state index contributed by atoms with van der Waals surface area (Å²) in [7, 11) is 0. The van der Waals surface area contributed by atoms with Crippen LogP contribution in [0, 0.1) is 14.9 Å². The molecular weight excluding hydrogens is 563 g/mol. The molecule has 0 aliphatic rings. The van der Waals surface area contributed by atoms with Crippen LogP contribution in [0.2, 0.25) is 0 Å². The van der Waals surface area contributed by atoms with Gasteiger partial charge in [-0.1, -0.05) is 60.7 Å². The minimum Gasteiger partial charge on any atom is -0.489 e. The van der Waals surface area contributed by atoms with Crippen LogP contribution in [0.25, 0.3) is 6.08 Å². The number of benzene rings is 4. The van der Waals surface area contributed by atoms with Gasteiger partial charge in [0.05, 0.1) is 0 Å². The summed E-state index contributed by atoms with van der Waals surface area (Å²) < 4.78 is 12.9. The van der Waals surface area contributed by atoms with Crippen LogP contribution in [0.1, 0.15) is 16.7 Å². The second-order valence-electron chi connectivity index (χ2n) is 7.88. The first-order valence-electron chi connectivity index (χ1n) is 11.3. The van der Waals surface area contributed by atoms with Crippen molar-refractivity contribution in [1.82, 2.24) is 0 Å². The van der Waals surface area contributed by atoms with Crippen LogP contribution in [0.4, 0.5) is 5.69 Å². The minimum absolute atomic E-state index is 0.0234. The number of hydrogen-bond donors (Lipinski definition) is 1. The minimum atomic E-state index is -0.497. The van der Waals surface area contributed by atoms with Crippen molar-refractivity contribution in [2.45, 2.75) is 13.2 Å². The lowest BCUT2D eigenvalue weighted by Crippen LogP contribution is -2.13. The molecule has 0 fully saturated rings. The van der Waals surface area contributed by atoms with E-state index in [1.165, 1.54) is 6.08 Å². The number of hydrogen-bond acceptors (Lipinski definition) is 4. The zero-order chi connectivity index (χ0) is 25.2. The third-order valence-corrected chi connectivity index (χ3v) is 5.97. The highest BCUT2D eigenvalue weighted by molar-refractivity contribution is 14.1. The fourth-order valence-corrected chi connectivity index (χ4v) is 3.71. The number of nitriles is 1. The van der Waals surface area contributed by atoms with E-state index in [0.717, 1.165) is 14.7 Å². The van der Waals surface area contributed by atoms with Crippen molar-refractivity contribution in [3.05, 3.63) is 129 Å². The van der Waals surface area contributed by atoms with Crippen molar-refractivity contribution < 1.29 is 14.3 Å². The van der Waals surface area contributed by atoms with Gasteiger partial charge < -0.3 is 14.8 Å². The first kappa shape index (κ1) is 25.0. The van der Waals surface area contributed by atoms with Gasteiger partial charge in [0.1, 0.15) is 36.4 Å². The van der Waals surface area contributed by atoms with Gasteiger partial charge in [0.2, 0.25) is 0 Å². The van der Waals surface area contributed by atoms with E-state index in [2.05, 4.69) is 27.9 Å². The third-order valence-electron chi connectivity index (χ3n) is 5.25. The number of rotatable bonds is 9. The SMILES string of the molecule is N#C/C(=C\c1ccccc1OCc1ccc(I)cc1)C(=O)Nc1ccc(OCc2ccccc2)cc1. The summed E-state index contributed by atoms with van der Waals surface area (Å²) in [4.78, 5) is 12.8. The summed E-state index contributed by atoms with van der Waals surface area (Å²) in [6.07, 6.45) is 1.54. The van der Waals surface area contributed by atoms with Crippen molar-refractivity contribution in [3.8, 4) is 17.6 Å². The number of halogens is 1. The average molecular weight is 586 g/mol. The smallest absolute Gasteiger partial charge is 0.266 e. The Hall–Kier alpha value is -4.09. The highest BCUT2D eigenvalue weighted by Gasteiger charge is 2.12. The predicted molar refractivity (Wildman–Crippen MR) is 149 cm³/mol. The monoisotopic (exact) mass is 586 g/mol. The quantitative estimate of drug-likeness (QED) is 0.130. The molecule has 6 heteroatoms. The Kier molecular flexibility index (Phi) is 8.73. The molecule has 0 saturated carbocycles. The molecule has 0 radical (unpaired) electrons. The second-order valence-corrected chi connectivity index (χ2v) is 9.12. The molecule has 1 N–H and O–H groups in total. The molecule has 0 aliphatic heterocycles. The van der Waals surface area contributed by atoms with E-state index in [0.29, 0.717) is 36.0 Å². The summed E-state index contributed by atoms with van der Waals surface area (Å²) in [6, 6.07) is 34.3. The van der Waals surface area contributed by atoms with Gasteiger partial charge >= 0.3 is 0 Å². The lowest BCUT2D eigenvalue weighted by Gasteiger charge is -2.10. The molecule has 0 spiro atoms. The predicted octanol–water partition coefficient (Wildman–Crippen LogP) is 6.99. The normalized spacial score (nSPS) is 10.8. The van der Waals surface area contributed by atoms with E-state index < -0.39 is 5.91 Å². The van der Waals surface area contributed by atoms with E-state index in [4.69, 9.17) is 9.47 Å². The van der Waals surface area contributed by atoms with Crippen LogP contribution in [-0.4, -0.2) is 5.91 Å². The number of carbonyl (C=O) groups is 1. The van der Waals surface area contributed by atoms with Gasteiger partial charge in [-0.25, -0.2) is 0 Å². The Morgan fingerprint density at radius 1 is 0.806 bits per heavy atom. The fraction of sp³-hybridized carbons (Fsp3) is 0.0667. The number of nitrogens with zero attached hydrogens (tertiary/aromatic N) is 1. The topological polar surface area (TPSA) is 71.3 Å². The molecule has 0 heterocycles. The highest BCUT2D eigenvalue weighted by Crippen LogP contribution is 2.23. The maximum atomic E-state index is 12.8. The number of nitrogens with one attached hydrogen (secondary N) is 1. The standard InChI is InChI=1S/C30H23IN2O3/c31-26-12-10-23(11-13-26)21-36-29-9-5-4-8-24(29)18-25(19-32)30(34)33-27-14-16-28(17-15-27)35-20-22-6-2-1-3-7-22/h1-18H,20-21H2,(H,33,34)/b25-18+. The zero-order valence-corrected chi connectivity index (χ0v) is 21.5. The van der Waals surface area contributed by atoms with Gasteiger partial charge in [-0.2, -0.15) is 5.26 Å². The van der Waals surface area contributed by atoms with Crippen molar-refractivity contribution >= 4 is 40.3 Å². The Bertz CT molecular complexity index is 1380. The van der Waals surface area contributed by atoms with Crippen LogP contribution in [0.3, 0.4) is 0 Å². The molecule has 0 atom stereocenters. The molecule has 0 unspecified atom stereocenters. The van der Waals surface area contributed by atoms with Gasteiger partial charge in [-0.3, -0.25) is 4.79 Å². The first-order valence-corrected chi connectivity index (χ1v) is 12.3. The molecule has 0 saturated heterocycles. The zero-order valence-electron chi connectivity index (χ0n) is 19.4. The number of para-hydroxylation sites is 1. The largest absolute Gasteiger partial charge is 0.489 e. The second kappa shape index (κ2) is 12.6. The van der Waals surface area contributed by atoms with E-state index in [-0.39, 0.29) is 5.57 Å². The summed E-state index contributed by atoms with van der Waals surface area (Å²) in [6.45, 7) is 0.841. The maximum absolute atomic E-state index is 12.8. The average Bonchev–Trinajstić information content (AvgIpc) is 2.92. The van der Waals surface area contributed by atoms with Gasteiger partial charge in [0, 0.05) is 14.8 Å². The Morgan fingerprint density at radius 3 is 2.17 bits per heavy atom. The molecule has 36 heavy (non-hydrogen) atoms. The van der Waals surface area contributed by atoms with Crippen LogP contribution >= 0.6 is 22.6 Å². The third kappa shape index (κ3) is 7.20. The van der Waals surface area contributed by atoms with Crippen molar-refractivity contribution in [1.29, 1.82) is 5.26 Å². The molecule has 1 amide bonds. The van der Waals surface area contributed by atoms with E-state index in [1.54, 1.807) is 24.3 Å². The van der Waals surface area contributed by atoms with Gasteiger partial charge in [-0.05, 0) is 82.3 Å². The molecule has 0 aromatic heterocycles. The fourth-order valence-electron chi connectivity index (χ4n) is 3.35. The van der Waals surface area contributed by atoms with Gasteiger partial charge in [-0.15, -0.1) is 0 Å². The van der Waals surface area contributed by atoms with Gasteiger partial charge in [0.15, 0.2) is 0 Å². The Labute approximate surface area is 224 Å². The number of anilines is 1. The number of amides is 1. The molecule has 0 bridgehead atoms. The van der Waals surface area contributed by atoms with Crippen molar-refractivity contribution in [2.75, 3.05) is 5.32 Å². The number of carbonyl (C=O) groups excluding carboxylic acids is 1. The molecule has 4 aromatic carbocycles. The van der Waals surface area contributed by atoms with E-state index in [9.17, 15) is 10.1 Å². The van der Waals surface area contributed by atoms with Crippen molar-refractivity contribution in [3.63, 3.8) is 0 Å². The van der Waals surface area contributed by atoms with Crippen molar-refractivity contribution in [2.24, 2.45) is 0 Å². The molecule has 4 rings (SSSR count). The maximum Gasteiger partial charge on any atom is 0.266 e.